The fraction of sp³-hybridized carbons (Fsp3) is 0.800. The van der Waals surface area contributed by atoms with Crippen molar-refractivity contribution in [1.29, 1.82) is 0 Å². The van der Waals surface area contributed by atoms with Gasteiger partial charge in [0.15, 0.2) is 9.84 Å². The van der Waals surface area contributed by atoms with E-state index in [0.29, 0.717) is 0 Å². The summed E-state index contributed by atoms with van der Waals surface area (Å²) in [6, 6.07) is -0.834. The highest BCUT2D eigenvalue weighted by Gasteiger charge is 2.31. The van der Waals surface area contributed by atoms with Crippen LogP contribution in [0.1, 0.15) is 12.8 Å². The van der Waals surface area contributed by atoms with E-state index in [9.17, 15) is 18.0 Å². The maximum Gasteiger partial charge on any atom is 0.320 e. The zero-order valence-electron chi connectivity index (χ0n) is 10.2. The standard InChI is InChI=1S/C10H17NO6S/c1-17-9(12)3-2-8(10(13)14)11-4-6-18(15,16)7-5-11/h8H,2-7H2,1H3,(H,13,14). The Balaban J connectivity index is 2.58. The van der Waals surface area contributed by atoms with Crippen LogP contribution in [0.15, 0.2) is 0 Å². The SMILES string of the molecule is COC(=O)CCC(C(=O)O)N1CCS(=O)(=O)CC1. The van der Waals surface area contributed by atoms with E-state index in [2.05, 4.69) is 4.74 Å². The van der Waals surface area contributed by atoms with Crippen LogP contribution in [-0.4, -0.2) is 68.1 Å². The maximum atomic E-state index is 11.3. The number of ether oxygens (including phenoxy) is 1. The van der Waals surface area contributed by atoms with Crippen LogP contribution in [0, 0.1) is 0 Å². The van der Waals surface area contributed by atoms with Gasteiger partial charge in [0.05, 0.1) is 18.6 Å². The van der Waals surface area contributed by atoms with E-state index in [4.69, 9.17) is 5.11 Å². The van der Waals surface area contributed by atoms with E-state index in [1.54, 1.807) is 4.90 Å². The van der Waals surface area contributed by atoms with E-state index in [0.717, 1.165) is 0 Å². The number of carbonyl (C=O) groups excluding carboxylic acids is 1. The molecule has 1 saturated heterocycles. The summed E-state index contributed by atoms with van der Waals surface area (Å²) in [5.74, 6) is -1.58. The molecular weight excluding hydrogens is 262 g/mol. The quantitative estimate of drug-likeness (QED) is 0.652. The number of rotatable bonds is 5. The van der Waals surface area contributed by atoms with Gasteiger partial charge < -0.3 is 9.84 Å². The molecule has 1 rings (SSSR count). The lowest BCUT2D eigenvalue weighted by molar-refractivity contribution is -0.145. The number of methoxy groups -OCH3 is 1. The summed E-state index contributed by atoms with van der Waals surface area (Å²) in [5.41, 5.74) is 0. The summed E-state index contributed by atoms with van der Waals surface area (Å²) in [5, 5.41) is 9.10. The van der Waals surface area contributed by atoms with Crippen molar-refractivity contribution < 1.29 is 27.9 Å². The van der Waals surface area contributed by atoms with Gasteiger partial charge in [-0.05, 0) is 6.42 Å². The molecule has 1 aliphatic rings. The highest BCUT2D eigenvalue weighted by molar-refractivity contribution is 7.91. The lowest BCUT2D eigenvalue weighted by Crippen LogP contribution is -2.49. The number of aliphatic carboxylic acids is 1. The Morgan fingerprint density at radius 3 is 2.33 bits per heavy atom. The Bertz CT molecular complexity index is 404. The number of carbonyl (C=O) groups is 2. The molecule has 1 fully saturated rings. The zero-order valence-corrected chi connectivity index (χ0v) is 11.0. The second kappa shape index (κ2) is 6.14. The largest absolute Gasteiger partial charge is 0.480 e. The Hall–Kier alpha value is -1.15. The molecule has 1 atom stereocenters. The van der Waals surface area contributed by atoms with Gasteiger partial charge in [0.25, 0.3) is 0 Å². The predicted octanol–water partition coefficient (Wildman–Crippen LogP) is -0.877. The van der Waals surface area contributed by atoms with Gasteiger partial charge in [0, 0.05) is 19.5 Å². The minimum atomic E-state index is -3.04. The number of sulfone groups is 1. The van der Waals surface area contributed by atoms with E-state index >= 15 is 0 Å². The van der Waals surface area contributed by atoms with E-state index in [-0.39, 0.29) is 37.4 Å². The first-order valence-corrected chi connectivity index (χ1v) is 7.42. The Kier molecular flexibility index (Phi) is 5.09. The molecule has 0 aliphatic carbocycles. The van der Waals surface area contributed by atoms with Crippen molar-refractivity contribution in [3.8, 4) is 0 Å². The van der Waals surface area contributed by atoms with E-state index in [1.165, 1.54) is 7.11 Å². The summed E-state index contributed by atoms with van der Waals surface area (Å²) >= 11 is 0. The molecule has 104 valence electrons. The van der Waals surface area contributed by atoms with Crippen molar-refractivity contribution in [3.05, 3.63) is 0 Å². The van der Waals surface area contributed by atoms with Gasteiger partial charge in [-0.15, -0.1) is 0 Å². The molecule has 0 bridgehead atoms. The van der Waals surface area contributed by atoms with E-state index in [1.807, 2.05) is 0 Å². The van der Waals surface area contributed by atoms with Crippen molar-refractivity contribution >= 4 is 21.8 Å². The number of hydrogen-bond acceptors (Lipinski definition) is 6. The minimum Gasteiger partial charge on any atom is -0.480 e. The lowest BCUT2D eigenvalue weighted by Gasteiger charge is -2.31. The molecule has 1 heterocycles. The molecule has 0 aromatic heterocycles. The minimum absolute atomic E-state index is 0.0106. The number of carboxylic acids is 1. The van der Waals surface area contributed by atoms with Crippen LogP contribution >= 0.6 is 0 Å². The van der Waals surface area contributed by atoms with Crippen LogP contribution in [0.3, 0.4) is 0 Å². The second-order valence-corrected chi connectivity index (χ2v) is 6.46. The molecule has 18 heavy (non-hydrogen) atoms. The second-order valence-electron chi connectivity index (χ2n) is 4.16. The Morgan fingerprint density at radius 2 is 1.89 bits per heavy atom. The molecule has 0 aromatic carbocycles. The van der Waals surface area contributed by atoms with Gasteiger partial charge in [-0.1, -0.05) is 0 Å². The summed E-state index contributed by atoms with van der Waals surface area (Å²) in [4.78, 5) is 23.7. The van der Waals surface area contributed by atoms with Crippen LogP contribution in [0.25, 0.3) is 0 Å². The first-order valence-electron chi connectivity index (χ1n) is 5.60. The Morgan fingerprint density at radius 1 is 1.33 bits per heavy atom. The average Bonchev–Trinajstić information content (AvgIpc) is 2.30. The molecule has 0 radical (unpaired) electrons. The van der Waals surface area contributed by atoms with Crippen LogP contribution in [-0.2, 0) is 24.2 Å². The zero-order chi connectivity index (χ0) is 13.8. The fourth-order valence-corrected chi connectivity index (χ4v) is 3.09. The highest BCUT2D eigenvalue weighted by atomic mass is 32.2. The molecule has 0 aromatic rings. The molecule has 7 nitrogen and oxygen atoms in total. The van der Waals surface area contributed by atoms with Crippen molar-refractivity contribution in [3.63, 3.8) is 0 Å². The van der Waals surface area contributed by atoms with Gasteiger partial charge in [0.2, 0.25) is 0 Å². The molecular formula is C10H17NO6S. The molecule has 8 heteroatoms. The molecule has 0 spiro atoms. The fourth-order valence-electron chi connectivity index (χ4n) is 1.86. The van der Waals surface area contributed by atoms with E-state index < -0.39 is 27.8 Å². The maximum absolute atomic E-state index is 11.3. The predicted molar refractivity (Wildman–Crippen MR) is 62.9 cm³/mol. The number of hydrogen-bond donors (Lipinski definition) is 1. The van der Waals surface area contributed by atoms with Crippen molar-refractivity contribution in [2.75, 3.05) is 31.7 Å². The third-order valence-electron chi connectivity index (χ3n) is 2.95. The third kappa shape index (κ3) is 4.26. The summed E-state index contributed by atoms with van der Waals surface area (Å²) < 4.78 is 27.0. The van der Waals surface area contributed by atoms with Gasteiger partial charge in [-0.25, -0.2) is 8.42 Å². The van der Waals surface area contributed by atoms with Crippen molar-refractivity contribution in [2.24, 2.45) is 0 Å². The molecule has 0 amide bonds. The van der Waals surface area contributed by atoms with Crippen molar-refractivity contribution in [2.45, 2.75) is 18.9 Å². The Labute approximate surface area is 106 Å². The molecule has 1 unspecified atom stereocenters. The first-order chi connectivity index (χ1) is 8.35. The molecule has 1 N–H and O–H groups in total. The topological polar surface area (TPSA) is 101 Å². The number of carboxylic acid groups (broad SMARTS) is 1. The summed E-state index contributed by atoms with van der Waals surface area (Å²) in [7, 11) is -1.80. The van der Waals surface area contributed by atoms with Gasteiger partial charge >= 0.3 is 11.9 Å². The van der Waals surface area contributed by atoms with Crippen LogP contribution in [0.5, 0.6) is 0 Å². The molecule has 0 saturated carbocycles. The summed E-state index contributed by atoms with van der Waals surface area (Å²) in [6.45, 7) is 0.390. The van der Waals surface area contributed by atoms with Gasteiger partial charge in [0.1, 0.15) is 6.04 Å². The van der Waals surface area contributed by atoms with Gasteiger partial charge in [-0.2, -0.15) is 0 Å². The molecule has 1 aliphatic heterocycles. The highest BCUT2D eigenvalue weighted by Crippen LogP contribution is 2.13. The van der Waals surface area contributed by atoms with Crippen LogP contribution in [0.2, 0.25) is 0 Å². The lowest BCUT2D eigenvalue weighted by atomic mass is 10.1. The van der Waals surface area contributed by atoms with Gasteiger partial charge in [-0.3, -0.25) is 14.5 Å². The number of esters is 1. The average molecular weight is 279 g/mol. The smallest absolute Gasteiger partial charge is 0.320 e. The normalized spacial score (nSPS) is 21.2. The first kappa shape index (κ1) is 14.9. The summed E-state index contributed by atoms with van der Waals surface area (Å²) in [6.07, 6.45) is 0.138. The monoisotopic (exact) mass is 279 g/mol. The third-order valence-corrected chi connectivity index (χ3v) is 4.56. The van der Waals surface area contributed by atoms with Crippen molar-refractivity contribution in [1.82, 2.24) is 4.90 Å². The number of nitrogens with zero attached hydrogens (tertiary/aromatic N) is 1. The van der Waals surface area contributed by atoms with Crippen LogP contribution < -0.4 is 0 Å². The van der Waals surface area contributed by atoms with Crippen LogP contribution in [0.4, 0.5) is 0 Å².